The van der Waals surface area contributed by atoms with Gasteiger partial charge in [0.2, 0.25) is 0 Å². The van der Waals surface area contributed by atoms with Gasteiger partial charge in [-0.15, -0.1) is 0 Å². The summed E-state index contributed by atoms with van der Waals surface area (Å²) >= 11 is 2.42. The van der Waals surface area contributed by atoms with Crippen molar-refractivity contribution >= 4 is 22.6 Å². The van der Waals surface area contributed by atoms with Gasteiger partial charge < -0.3 is 4.48 Å². The van der Waals surface area contributed by atoms with E-state index in [4.69, 9.17) is 0 Å². The zero-order chi connectivity index (χ0) is 6.78. The normalized spacial score (nSPS) is 12.8. The standard InChI is InChI=1S/C6H15IN/c1-6(2)8(3,4)5-7/h6H,5H2,1-4H3/q+1. The van der Waals surface area contributed by atoms with Gasteiger partial charge in [0, 0.05) is 0 Å². The number of hydrogen-bond donors (Lipinski definition) is 0. The van der Waals surface area contributed by atoms with Crippen molar-refractivity contribution in [3.8, 4) is 0 Å². The monoisotopic (exact) mass is 228 g/mol. The van der Waals surface area contributed by atoms with Crippen LogP contribution >= 0.6 is 22.6 Å². The SMILES string of the molecule is CC(C)[N+](C)(C)CI. The molecule has 0 saturated carbocycles. The van der Waals surface area contributed by atoms with Crippen LogP contribution in [-0.2, 0) is 0 Å². The van der Waals surface area contributed by atoms with Crippen LogP contribution in [0, 0.1) is 0 Å². The summed E-state index contributed by atoms with van der Waals surface area (Å²) in [6.45, 7) is 4.50. The van der Waals surface area contributed by atoms with Crippen LogP contribution in [0.1, 0.15) is 13.8 Å². The van der Waals surface area contributed by atoms with Gasteiger partial charge in [-0.1, -0.05) is 0 Å². The third-order valence-electron chi connectivity index (χ3n) is 1.71. The van der Waals surface area contributed by atoms with Gasteiger partial charge in [0.25, 0.3) is 0 Å². The minimum absolute atomic E-state index is 0.742. The molecule has 0 aromatic heterocycles. The van der Waals surface area contributed by atoms with E-state index in [1.54, 1.807) is 0 Å². The van der Waals surface area contributed by atoms with E-state index in [-0.39, 0.29) is 0 Å². The highest BCUT2D eigenvalue weighted by Crippen LogP contribution is 2.07. The largest absolute Gasteiger partial charge is 0.318 e. The van der Waals surface area contributed by atoms with Crippen molar-refractivity contribution in [2.45, 2.75) is 19.9 Å². The Kier molecular flexibility index (Phi) is 3.27. The number of rotatable bonds is 2. The lowest BCUT2D eigenvalue weighted by Gasteiger charge is -2.31. The topological polar surface area (TPSA) is 0 Å². The summed E-state index contributed by atoms with van der Waals surface area (Å²) in [5, 5.41) is 0. The number of hydrogen-bond acceptors (Lipinski definition) is 0. The molecule has 0 atom stereocenters. The van der Waals surface area contributed by atoms with Gasteiger partial charge in [-0.2, -0.15) is 0 Å². The fraction of sp³-hybridized carbons (Fsp3) is 1.00. The Morgan fingerprint density at radius 1 is 1.38 bits per heavy atom. The predicted molar refractivity (Wildman–Crippen MR) is 46.1 cm³/mol. The third kappa shape index (κ3) is 2.31. The molecule has 1 nitrogen and oxygen atoms in total. The second kappa shape index (κ2) is 3.01. The lowest BCUT2D eigenvalue weighted by molar-refractivity contribution is -0.895. The number of nitrogens with zero attached hydrogens (tertiary/aromatic N) is 1. The van der Waals surface area contributed by atoms with Gasteiger partial charge in [0.1, 0.15) is 4.55 Å². The first-order chi connectivity index (χ1) is 3.50. The third-order valence-corrected chi connectivity index (χ3v) is 3.46. The van der Waals surface area contributed by atoms with Crippen molar-refractivity contribution in [3.05, 3.63) is 0 Å². The molecule has 0 fully saturated rings. The van der Waals surface area contributed by atoms with Crippen molar-refractivity contribution < 1.29 is 4.48 Å². The minimum Gasteiger partial charge on any atom is -0.318 e. The molecule has 50 valence electrons. The maximum absolute atomic E-state index is 2.42. The average molecular weight is 228 g/mol. The van der Waals surface area contributed by atoms with Crippen LogP contribution < -0.4 is 0 Å². The molecule has 0 amide bonds. The fourth-order valence-electron chi connectivity index (χ4n) is 0.138. The summed E-state index contributed by atoms with van der Waals surface area (Å²) in [4.78, 5) is 0. The van der Waals surface area contributed by atoms with Crippen molar-refractivity contribution in [2.24, 2.45) is 0 Å². The Labute approximate surface area is 65.8 Å². The van der Waals surface area contributed by atoms with Crippen LogP contribution in [0.2, 0.25) is 0 Å². The van der Waals surface area contributed by atoms with Crippen LogP contribution in [0.5, 0.6) is 0 Å². The second-order valence-electron chi connectivity index (χ2n) is 2.99. The second-order valence-corrected chi connectivity index (χ2v) is 3.67. The van der Waals surface area contributed by atoms with E-state index in [1.807, 2.05) is 0 Å². The molecule has 0 unspecified atom stereocenters. The number of alkyl halides is 1. The highest BCUT2D eigenvalue weighted by molar-refractivity contribution is 14.1. The molecule has 0 spiro atoms. The van der Waals surface area contributed by atoms with Crippen LogP contribution in [-0.4, -0.2) is 29.2 Å². The maximum Gasteiger partial charge on any atom is 0.129 e. The molecule has 0 saturated heterocycles. The zero-order valence-electron chi connectivity index (χ0n) is 6.11. The van der Waals surface area contributed by atoms with Gasteiger partial charge in [-0.25, -0.2) is 0 Å². The quantitative estimate of drug-likeness (QED) is 0.293. The Balaban J connectivity index is 3.71. The molecule has 0 N–H and O–H groups in total. The molecule has 2 heteroatoms. The van der Waals surface area contributed by atoms with E-state index < -0.39 is 0 Å². The molecule has 0 heterocycles. The molecule has 0 aliphatic heterocycles. The Bertz CT molecular complexity index is 68.9. The van der Waals surface area contributed by atoms with Crippen LogP contribution in [0.4, 0.5) is 0 Å². The fourth-order valence-corrected chi connectivity index (χ4v) is 0.926. The predicted octanol–water partition coefficient (Wildman–Crippen LogP) is 1.86. The van der Waals surface area contributed by atoms with E-state index in [0.717, 1.165) is 10.5 Å². The summed E-state index contributed by atoms with van der Waals surface area (Å²) in [5.74, 6) is 0. The van der Waals surface area contributed by atoms with Crippen LogP contribution in [0.3, 0.4) is 0 Å². The molecule has 0 radical (unpaired) electrons. The molecule has 0 aromatic rings. The van der Waals surface area contributed by atoms with Gasteiger partial charge in [0.05, 0.1) is 20.1 Å². The van der Waals surface area contributed by atoms with E-state index in [1.165, 1.54) is 4.55 Å². The molecule has 8 heavy (non-hydrogen) atoms. The summed E-state index contributed by atoms with van der Waals surface area (Å²) in [6, 6.07) is 0.742. The van der Waals surface area contributed by atoms with Gasteiger partial charge in [-0.05, 0) is 36.4 Å². The van der Waals surface area contributed by atoms with E-state index >= 15 is 0 Å². The highest BCUT2D eigenvalue weighted by atomic mass is 127. The number of quaternary nitrogens is 1. The van der Waals surface area contributed by atoms with Crippen molar-refractivity contribution in [1.82, 2.24) is 0 Å². The Morgan fingerprint density at radius 2 is 1.75 bits per heavy atom. The summed E-state index contributed by atoms with van der Waals surface area (Å²) in [7, 11) is 4.49. The van der Waals surface area contributed by atoms with E-state index in [0.29, 0.717) is 0 Å². The van der Waals surface area contributed by atoms with Gasteiger partial charge in [0.15, 0.2) is 0 Å². The van der Waals surface area contributed by atoms with Crippen molar-refractivity contribution in [3.63, 3.8) is 0 Å². The molecule has 0 rings (SSSR count). The maximum atomic E-state index is 2.42. The molecule has 0 bridgehead atoms. The van der Waals surface area contributed by atoms with Crippen LogP contribution in [0.25, 0.3) is 0 Å². The average Bonchev–Trinajstić information content (AvgIpc) is 1.67. The summed E-state index contributed by atoms with van der Waals surface area (Å²) in [5.41, 5.74) is 0. The smallest absolute Gasteiger partial charge is 0.129 e. The van der Waals surface area contributed by atoms with Gasteiger partial charge in [-0.3, -0.25) is 0 Å². The van der Waals surface area contributed by atoms with Crippen molar-refractivity contribution in [1.29, 1.82) is 0 Å². The lowest BCUT2D eigenvalue weighted by Crippen LogP contribution is -2.44. The molecular weight excluding hydrogens is 213 g/mol. The first-order valence-corrected chi connectivity index (χ1v) is 4.42. The van der Waals surface area contributed by atoms with E-state index in [9.17, 15) is 0 Å². The number of halogens is 1. The van der Waals surface area contributed by atoms with Gasteiger partial charge >= 0.3 is 0 Å². The molecule has 0 aliphatic carbocycles. The highest BCUT2D eigenvalue weighted by Gasteiger charge is 2.16. The summed E-state index contributed by atoms with van der Waals surface area (Å²) < 4.78 is 2.30. The molecular formula is C6H15IN+. The Morgan fingerprint density at radius 3 is 1.75 bits per heavy atom. The first kappa shape index (κ1) is 8.69. The van der Waals surface area contributed by atoms with Crippen molar-refractivity contribution in [2.75, 3.05) is 18.6 Å². The first-order valence-electron chi connectivity index (χ1n) is 2.89. The minimum atomic E-state index is 0.742. The summed E-state index contributed by atoms with van der Waals surface area (Å²) in [6.07, 6.45) is 0. The lowest BCUT2D eigenvalue weighted by atomic mass is 10.3. The molecule has 0 aliphatic rings. The molecule has 0 aromatic carbocycles. The Hall–Kier alpha value is 0.690. The van der Waals surface area contributed by atoms with E-state index in [2.05, 4.69) is 50.5 Å². The van der Waals surface area contributed by atoms with Crippen LogP contribution in [0.15, 0.2) is 0 Å². The zero-order valence-corrected chi connectivity index (χ0v) is 8.27.